The number of carbonyl (C=O) groups excluding carboxylic acids is 2. The molecule has 0 spiro atoms. The summed E-state index contributed by atoms with van der Waals surface area (Å²) in [5.41, 5.74) is 1.75. The highest BCUT2D eigenvalue weighted by Crippen LogP contribution is 2.14. The second-order valence-electron chi connectivity index (χ2n) is 6.62. The van der Waals surface area contributed by atoms with Crippen molar-refractivity contribution in [3.8, 4) is 5.75 Å². The van der Waals surface area contributed by atoms with Crippen LogP contribution in [0.4, 0.5) is 0 Å². The van der Waals surface area contributed by atoms with E-state index in [1.807, 2.05) is 56.3 Å². The van der Waals surface area contributed by atoms with Crippen LogP contribution < -0.4 is 10.1 Å². The lowest BCUT2D eigenvalue weighted by Gasteiger charge is -2.19. The standard InChI is InChI=1S/C23H29N3O3/c1-3-14-25-22(27)17-26(16-4-2)23(28)13-10-19-8-11-21(12-9-19)29-18-20-7-5-6-15-24-20/h5-13,15H,3-4,14,16-18H2,1-2H3,(H,25,27). The Bertz CT molecular complexity index is 789. The fraction of sp³-hybridized carbons (Fsp3) is 0.348. The Balaban J connectivity index is 1.89. The third-order valence-corrected chi connectivity index (χ3v) is 4.12. The van der Waals surface area contributed by atoms with Crippen molar-refractivity contribution in [3.63, 3.8) is 0 Å². The second-order valence-corrected chi connectivity index (χ2v) is 6.62. The van der Waals surface area contributed by atoms with E-state index in [2.05, 4.69) is 10.3 Å². The van der Waals surface area contributed by atoms with E-state index in [1.54, 1.807) is 17.2 Å². The molecule has 2 aromatic rings. The van der Waals surface area contributed by atoms with Gasteiger partial charge in [-0.05, 0) is 48.7 Å². The molecule has 154 valence electrons. The molecule has 29 heavy (non-hydrogen) atoms. The van der Waals surface area contributed by atoms with Gasteiger partial charge < -0.3 is 15.0 Å². The van der Waals surface area contributed by atoms with Crippen LogP contribution in [0.3, 0.4) is 0 Å². The maximum Gasteiger partial charge on any atom is 0.247 e. The summed E-state index contributed by atoms with van der Waals surface area (Å²) in [7, 11) is 0. The summed E-state index contributed by atoms with van der Waals surface area (Å²) < 4.78 is 5.71. The first-order valence-electron chi connectivity index (χ1n) is 9.98. The van der Waals surface area contributed by atoms with Crippen LogP contribution >= 0.6 is 0 Å². The Morgan fingerprint density at radius 2 is 1.90 bits per heavy atom. The van der Waals surface area contributed by atoms with E-state index in [4.69, 9.17) is 4.74 Å². The van der Waals surface area contributed by atoms with Crippen molar-refractivity contribution in [2.24, 2.45) is 0 Å². The smallest absolute Gasteiger partial charge is 0.247 e. The van der Waals surface area contributed by atoms with Crippen molar-refractivity contribution in [2.75, 3.05) is 19.6 Å². The maximum atomic E-state index is 12.5. The number of amides is 2. The van der Waals surface area contributed by atoms with Crippen LogP contribution in [0.25, 0.3) is 6.08 Å². The van der Waals surface area contributed by atoms with Crippen LogP contribution in [0.2, 0.25) is 0 Å². The number of rotatable bonds is 11. The molecule has 0 radical (unpaired) electrons. The number of pyridine rings is 1. The minimum absolute atomic E-state index is 0.0807. The van der Waals surface area contributed by atoms with Gasteiger partial charge in [0.2, 0.25) is 11.8 Å². The Labute approximate surface area is 172 Å². The van der Waals surface area contributed by atoms with E-state index in [-0.39, 0.29) is 18.4 Å². The van der Waals surface area contributed by atoms with Crippen LogP contribution in [0.15, 0.2) is 54.7 Å². The SMILES string of the molecule is CCCNC(=O)CN(CCC)C(=O)C=Cc1ccc(OCc2ccccn2)cc1. The number of aromatic nitrogens is 1. The van der Waals surface area contributed by atoms with Crippen molar-refractivity contribution < 1.29 is 14.3 Å². The van der Waals surface area contributed by atoms with Gasteiger partial charge in [0, 0.05) is 25.4 Å². The summed E-state index contributed by atoms with van der Waals surface area (Å²) in [6.45, 7) is 5.63. The van der Waals surface area contributed by atoms with Crippen molar-refractivity contribution in [1.29, 1.82) is 0 Å². The number of hydrogen-bond donors (Lipinski definition) is 1. The molecule has 1 aromatic carbocycles. The topological polar surface area (TPSA) is 71.5 Å². The number of nitrogens with zero attached hydrogens (tertiary/aromatic N) is 2. The zero-order chi connectivity index (χ0) is 20.9. The van der Waals surface area contributed by atoms with Crippen LogP contribution in [-0.4, -0.2) is 41.3 Å². The molecule has 0 saturated heterocycles. The number of ether oxygens (including phenoxy) is 1. The number of carbonyl (C=O) groups is 2. The third-order valence-electron chi connectivity index (χ3n) is 4.12. The molecule has 0 saturated carbocycles. The quantitative estimate of drug-likeness (QED) is 0.592. The zero-order valence-electron chi connectivity index (χ0n) is 17.1. The molecule has 1 N–H and O–H groups in total. The number of benzene rings is 1. The molecular weight excluding hydrogens is 366 g/mol. The molecule has 2 rings (SSSR count). The Hall–Kier alpha value is -3.15. The van der Waals surface area contributed by atoms with E-state index in [0.717, 1.165) is 29.8 Å². The second kappa shape index (κ2) is 12.3. The highest BCUT2D eigenvalue weighted by atomic mass is 16.5. The van der Waals surface area contributed by atoms with Gasteiger partial charge in [0.15, 0.2) is 0 Å². The zero-order valence-corrected chi connectivity index (χ0v) is 17.1. The highest BCUT2D eigenvalue weighted by Gasteiger charge is 2.13. The van der Waals surface area contributed by atoms with Crippen molar-refractivity contribution in [3.05, 3.63) is 66.0 Å². The van der Waals surface area contributed by atoms with Crippen LogP contribution in [0.1, 0.15) is 37.9 Å². The van der Waals surface area contributed by atoms with Gasteiger partial charge >= 0.3 is 0 Å². The average Bonchev–Trinajstić information content (AvgIpc) is 2.75. The molecule has 0 unspecified atom stereocenters. The molecule has 6 heteroatoms. The molecule has 0 fully saturated rings. The Morgan fingerprint density at radius 3 is 2.55 bits per heavy atom. The minimum Gasteiger partial charge on any atom is -0.487 e. The number of hydrogen-bond acceptors (Lipinski definition) is 4. The molecule has 0 atom stereocenters. The van der Waals surface area contributed by atoms with E-state index in [9.17, 15) is 9.59 Å². The monoisotopic (exact) mass is 395 g/mol. The first-order valence-corrected chi connectivity index (χ1v) is 9.98. The fourth-order valence-electron chi connectivity index (χ4n) is 2.62. The minimum atomic E-state index is -0.172. The first kappa shape index (κ1) is 22.1. The predicted octanol–water partition coefficient (Wildman–Crippen LogP) is 3.44. The molecule has 6 nitrogen and oxygen atoms in total. The van der Waals surface area contributed by atoms with Crippen molar-refractivity contribution >= 4 is 17.9 Å². The van der Waals surface area contributed by atoms with E-state index >= 15 is 0 Å². The summed E-state index contributed by atoms with van der Waals surface area (Å²) in [4.78, 5) is 30.2. The van der Waals surface area contributed by atoms with E-state index in [1.165, 1.54) is 6.08 Å². The maximum absolute atomic E-state index is 12.5. The molecule has 0 bridgehead atoms. The van der Waals surface area contributed by atoms with Gasteiger partial charge in [-0.25, -0.2) is 0 Å². The molecule has 0 aliphatic rings. The van der Waals surface area contributed by atoms with Gasteiger partial charge in [0.1, 0.15) is 12.4 Å². The Kier molecular flexibility index (Phi) is 9.42. The van der Waals surface area contributed by atoms with Gasteiger partial charge in [-0.1, -0.05) is 32.0 Å². The molecule has 0 aliphatic carbocycles. The third kappa shape index (κ3) is 8.17. The fourth-order valence-corrected chi connectivity index (χ4v) is 2.62. The van der Waals surface area contributed by atoms with Crippen molar-refractivity contribution in [2.45, 2.75) is 33.3 Å². The summed E-state index contributed by atoms with van der Waals surface area (Å²) >= 11 is 0. The van der Waals surface area contributed by atoms with E-state index in [0.29, 0.717) is 19.7 Å². The van der Waals surface area contributed by atoms with Gasteiger partial charge in [-0.2, -0.15) is 0 Å². The van der Waals surface area contributed by atoms with Crippen LogP contribution in [0.5, 0.6) is 5.75 Å². The summed E-state index contributed by atoms with van der Waals surface area (Å²) in [6.07, 6.45) is 6.65. The molecular formula is C23H29N3O3. The molecule has 2 amide bonds. The van der Waals surface area contributed by atoms with Crippen LogP contribution in [-0.2, 0) is 16.2 Å². The number of nitrogens with one attached hydrogen (secondary N) is 1. The lowest BCUT2D eigenvalue weighted by molar-refractivity contribution is -0.132. The predicted molar refractivity (Wildman–Crippen MR) is 114 cm³/mol. The Morgan fingerprint density at radius 1 is 1.10 bits per heavy atom. The van der Waals surface area contributed by atoms with Crippen LogP contribution in [0, 0.1) is 0 Å². The van der Waals surface area contributed by atoms with Gasteiger partial charge in [-0.15, -0.1) is 0 Å². The molecule has 0 aliphatic heterocycles. The largest absolute Gasteiger partial charge is 0.487 e. The lowest BCUT2D eigenvalue weighted by atomic mass is 10.2. The van der Waals surface area contributed by atoms with Crippen molar-refractivity contribution in [1.82, 2.24) is 15.2 Å². The molecule has 1 heterocycles. The van der Waals surface area contributed by atoms with Gasteiger partial charge in [-0.3, -0.25) is 14.6 Å². The summed E-state index contributed by atoms with van der Waals surface area (Å²) in [5, 5.41) is 2.80. The van der Waals surface area contributed by atoms with E-state index < -0.39 is 0 Å². The lowest BCUT2D eigenvalue weighted by Crippen LogP contribution is -2.40. The highest BCUT2D eigenvalue weighted by molar-refractivity contribution is 5.94. The summed E-state index contributed by atoms with van der Waals surface area (Å²) in [5.74, 6) is 0.435. The van der Waals surface area contributed by atoms with Gasteiger partial charge in [0.05, 0.1) is 12.2 Å². The summed E-state index contributed by atoms with van der Waals surface area (Å²) in [6, 6.07) is 13.2. The van der Waals surface area contributed by atoms with Gasteiger partial charge in [0.25, 0.3) is 0 Å². The normalized spacial score (nSPS) is 10.7. The molecule has 1 aromatic heterocycles. The first-order chi connectivity index (χ1) is 14.1. The average molecular weight is 396 g/mol.